The van der Waals surface area contributed by atoms with Crippen molar-refractivity contribution in [2.45, 2.75) is 26.0 Å². The number of carbonyl (C=O) groups is 2. The van der Waals surface area contributed by atoms with Gasteiger partial charge in [-0.3, -0.25) is 9.59 Å². The van der Waals surface area contributed by atoms with Crippen molar-refractivity contribution in [2.75, 3.05) is 16.8 Å². The summed E-state index contributed by atoms with van der Waals surface area (Å²) in [7, 11) is 0. The number of fused-ring (bicyclic) bond motifs is 1. The van der Waals surface area contributed by atoms with E-state index in [0.29, 0.717) is 29.5 Å². The van der Waals surface area contributed by atoms with Gasteiger partial charge in [-0.1, -0.05) is 41.9 Å². The molecule has 0 spiro atoms. The van der Waals surface area contributed by atoms with E-state index in [-0.39, 0.29) is 25.0 Å². The molecule has 1 saturated heterocycles. The molecule has 4 aromatic rings. The number of ether oxygens (including phenoxy) is 1. The Balaban J connectivity index is 1.37. The molecule has 2 amide bonds. The van der Waals surface area contributed by atoms with Crippen LogP contribution in [0.15, 0.2) is 72.8 Å². The van der Waals surface area contributed by atoms with Crippen molar-refractivity contribution in [3.05, 3.63) is 83.6 Å². The summed E-state index contributed by atoms with van der Waals surface area (Å²) in [5.41, 5.74) is 2.82. The summed E-state index contributed by atoms with van der Waals surface area (Å²) in [6, 6.07) is 22.4. The molecule has 1 fully saturated rings. The largest absolute Gasteiger partial charge is 0.486 e. The molecule has 0 bridgehead atoms. The minimum absolute atomic E-state index is 0.0389. The maximum Gasteiger partial charge on any atom is 0.244 e. The third-order valence-corrected chi connectivity index (χ3v) is 6.09. The maximum absolute atomic E-state index is 13.1. The average Bonchev–Trinajstić information content (AvgIpc) is 3.43. The Labute approximate surface area is 201 Å². The topological polar surface area (TPSA) is 76.5 Å². The molecule has 8 heteroatoms. The van der Waals surface area contributed by atoms with Gasteiger partial charge in [-0.15, -0.1) is 0 Å². The normalized spacial score (nSPS) is 13.4. The second kappa shape index (κ2) is 9.57. The van der Waals surface area contributed by atoms with Gasteiger partial charge in [0, 0.05) is 18.7 Å². The Morgan fingerprint density at radius 1 is 1.06 bits per heavy atom. The minimum atomic E-state index is -0.254. The smallest absolute Gasteiger partial charge is 0.244 e. The lowest BCUT2D eigenvalue weighted by atomic mass is 10.2. The number of nitrogens with one attached hydrogen (secondary N) is 1. The van der Waals surface area contributed by atoms with Crippen LogP contribution in [0.4, 0.5) is 11.4 Å². The molecule has 7 nitrogen and oxygen atoms in total. The first-order valence-electron chi connectivity index (χ1n) is 11.1. The van der Waals surface area contributed by atoms with Crippen LogP contribution in [0.2, 0.25) is 5.02 Å². The van der Waals surface area contributed by atoms with Crippen LogP contribution in [0.5, 0.6) is 5.75 Å². The molecule has 0 saturated carbocycles. The van der Waals surface area contributed by atoms with E-state index >= 15 is 0 Å². The minimum Gasteiger partial charge on any atom is -0.486 e. The predicted octanol–water partition coefficient (Wildman–Crippen LogP) is 5.03. The van der Waals surface area contributed by atoms with Crippen LogP contribution in [-0.4, -0.2) is 27.9 Å². The van der Waals surface area contributed by atoms with Gasteiger partial charge in [0.15, 0.2) is 0 Å². The van der Waals surface area contributed by atoms with E-state index in [1.165, 1.54) is 0 Å². The van der Waals surface area contributed by atoms with Crippen LogP contribution in [0.3, 0.4) is 0 Å². The molecule has 1 aliphatic rings. The third-order valence-electron chi connectivity index (χ3n) is 5.76. The number of carbonyl (C=O) groups excluding carboxylic acids is 2. The summed E-state index contributed by atoms with van der Waals surface area (Å²) in [5, 5.41) is 3.30. The first kappa shape index (κ1) is 22.0. The monoisotopic (exact) mass is 474 g/mol. The maximum atomic E-state index is 13.1. The van der Waals surface area contributed by atoms with Gasteiger partial charge in [0.05, 0.1) is 21.7 Å². The van der Waals surface area contributed by atoms with Crippen molar-refractivity contribution in [1.82, 2.24) is 9.55 Å². The highest BCUT2D eigenvalue weighted by molar-refractivity contribution is 6.33. The molecule has 1 aromatic heterocycles. The number of halogens is 1. The van der Waals surface area contributed by atoms with E-state index in [9.17, 15) is 9.59 Å². The number of rotatable bonds is 7. The highest BCUT2D eigenvalue weighted by Crippen LogP contribution is 2.30. The summed E-state index contributed by atoms with van der Waals surface area (Å²) >= 11 is 6.35. The summed E-state index contributed by atoms with van der Waals surface area (Å²) < 4.78 is 7.73. The van der Waals surface area contributed by atoms with E-state index in [0.717, 1.165) is 28.9 Å². The molecule has 3 aromatic carbocycles. The van der Waals surface area contributed by atoms with Crippen molar-refractivity contribution < 1.29 is 14.3 Å². The number of imidazole rings is 1. The zero-order chi connectivity index (χ0) is 23.5. The fourth-order valence-corrected chi connectivity index (χ4v) is 4.27. The van der Waals surface area contributed by atoms with Crippen molar-refractivity contribution >= 4 is 45.8 Å². The Kier molecular flexibility index (Phi) is 6.18. The van der Waals surface area contributed by atoms with Crippen molar-refractivity contribution in [2.24, 2.45) is 0 Å². The lowest BCUT2D eigenvalue weighted by molar-refractivity contribution is -0.117. The van der Waals surface area contributed by atoms with E-state index in [4.69, 9.17) is 16.3 Å². The molecule has 0 unspecified atom stereocenters. The third kappa shape index (κ3) is 4.61. The highest BCUT2D eigenvalue weighted by Gasteiger charge is 2.23. The van der Waals surface area contributed by atoms with Crippen LogP contribution in [0.1, 0.15) is 18.7 Å². The zero-order valence-electron chi connectivity index (χ0n) is 18.4. The first-order valence-corrected chi connectivity index (χ1v) is 11.5. The summed E-state index contributed by atoms with van der Waals surface area (Å²) in [4.78, 5) is 31.6. The van der Waals surface area contributed by atoms with Gasteiger partial charge in [-0.05, 0) is 48.9 Å². The van der Waals surface area contributed by atoms with Crippen LogP contribution in [-0.2, 0) is 22.7 Å². The number of benzene rings is 3. The Morgan fingerprint density at radius 2 is 1.85 bits per heavy atom. The lowest BCUT2D eigenvalue weighted by Crippen LogP contribution is -2.24. The van der Waals surface area contributed by atoms with Crippen LogP contribution >= 0.6 is 11.6 Å². The standard InChI is InChI=1S/C26H23ClN4O3/c27-20-13-12-18(30-14-6-11-26(30)33)15-22(20)29-25(32)16-31-23-10-5-4-9-21(23)28-24(31)17-34-19-7-2-1-3-8-19/h1-5,7-10,12-13,15H,6,11,14,16-17H2,(H,29,32). The lowest BCUT2D eigenvalue weighted by Gasteiger charge is -2.18. The molecule has 172 valence electrons. The van der Waals surface area contributed by atoms with Gasteiger partial charge >= 0.3 is 0 Å². The Bertz CT molecular complexity index is 1350. The van der Waals surface area contributed by atoms with Crippen molar-refractivity contribution in [3.63, 3.8) is 0 Å². The van der Waals surface area contributed by atoms with Crippen molar-refractivity contribution in [1.29, 1.82) is 0 Å². The van der Waals surface area contributed by atoms with Gasteiger partial charge in [0.2, 0.25) is 11.8 Å². The van der Waals surface area contributed by atoms with Crippen LogP contribution in [0, 0.1) is 0 Å². The van der Waals surface area contributed by atoms with Gasteiger partial charge < -0.3 is 19.5 Å². The van der Waals surface area contributed by atoms with E-state index in [1.807, 2.05) is 59.2 Å². The van der Waals surface area contributed by atoms with Gasteiger partial charge in [-0.2, -0.15) is 0 Å². The second-order valence-electron chi connectivity index (χ2n) is 8.07. The van der Waals surface area contributed by atoms with E-state index in [2.05, 4.69) is 10.3 Å². The first-order chi connectivity index (χ1) is 16.6. The highest BCUT2D eigenvalue weighted by atomic mass is 35.5. The number of amides is 2. The summed E-state index contributed by atoms with van der Waals surface area (Å²) in [5.74, 6) is 1.19. The molecule has 0 aliphatic carbocycles. The number of para-hydroxylation sites is 3. The van der Waals surface area contributed by atoms with Crippen LogP contribution in [0.25, 0.3) is 11.0 Å². The SMILES string of the molecule is O=C(Cn1c(COc2ccccc2)nc2ccccc21)Nc1cc(N2CCCC2=O)ccc1Cl. The fraction of sp³-hybridized carbons (Fsp3) is 0.192. The van der Waals surface area contributed by atoms with Gasteiger partial charge in [0.1, 0.15) is 24.7 Å². The quantitative estimate of drug-likeness (QED) is 0.407. The summed E-state index contributed by atoms with van der Waals surface area (Å²) in [6.07, 6.45) is 1.36. The predicted molar refractivity (Wildman–Crippen MR) is 132 cm³/mol. The number of anilines is 2. The average molecular weight is 475 g/mol. The molecular weight excluding hydrogens is 452 g/mol. The number of aromatic nitrogens is 2. The second-order valence-corrected chi connectivity index (χ2v) is 8.47. The number of nitrogens with zero attached hydrogens (tertiary/aromatic N) is 3. The van der Waals surface area contributed by atoms with E-state index < -0.39 is 0 Å². The van der Waals surface area contributed by atoms with Crippen LogP contribution < -0.4 is 15.0 Å². The van der Waals surface area contributed by atoms with Gasteiger partial charge in [0.25, 0.3) is 0 Å². The molecule has 0 radical (unpaired) electrons. The molecule has 1 aliphatic heterocycles. The number of hydrogen-bond acceptors (Lipinski definition) is 4. The number of hydrogen-bond donors (Lipinski definition) is 1. The zero-order valence-corrected chi connectivity index (χ0v) is 19.2. The van der Waals surface area contributed by atoms with Gasteiger partial charge in [-0.25, -0.2) is 4.98 Å². The molecule has 0 atom stereocenters. The summed E-state index contributed by atoms with van der Waals surface area (Å²) in [6.45, 7) is 0.927. The molecule has 5 rings (SSSR count). The molecule has 2 heterocycles. The van der Waals surface area contributed by atoms with Crippen molar-refractivity contribution in [3.8, 4) is 5.75 Å². The van der Waals surface area contributed by atoms with E-state index in [1.54, 1.807) is 23.1 Å². The Morgan fingerprint density at radius 3 is 2.65 bits per heavy atom. The molecule has 34 heavy (non-hydrogen) atoms. The fourth-order valence-electron chi connectivity index (χ4n) is 4.11. The molecular formula is C26H23ClN4O3. The Hall–Kier alpha value is -3.84. The molecule has 1 N–H and O–H groups in total.